The van der Waals surface area contributed by atoms with Crippen molar-refractivity contribution in [3.8, 4) is 11.4 Å². The van der Waals surface area contributed by atoms with Gasteiger partial charge in [-0.25, -0.2) is 0 Å². The third-order valence-corrected chi connectivity index (χ3v) is 9.07. The van der Waals surface area contributed by atoms with Crippen LogP contribution in [-0.4, -0.2) is 74.9 Å². The van der Waals surface area contributed by atoms with Crippen molar-refractivity contribution in [1.29, 1.82) is 0 Å². The molecule has 0 radical (unpaired) electrons. The van der Waals surface area contributed by atoms with Gasteiger partial charge in [0.05, 0.1) is 7.11 Å². The van der Waals surface area contributed by atoms with Crippen molar-refractivity contribution >= 4 is 39.5 Å². The molecular formula is C33H36BrN5O3S. The Labute approximate surface area is 265 Å². The first-order chi connectivity index (χ1) is 20.9. The molecular weight excluding hydrogens is 626 g/mol. The van der Waals surface area contributed by atoms with E-state index in [1.54, 1.807) is 18.9 Å². The van der Waals surface area contributed by atoms with E-state index in [0.29, 0.717) is 38.0 Å². The van der Waals surface area contributed by atoms with E-state index < -0.39 is 0 Å². The minimum atomic E-state index is -0.0332. The van der Waals surface area contributed by atoms with Crippen LogP contribution in [0.5, 0.6) is 5.75 Å². The lowest BCUT2D eigenvalue weighted by Crippen LogP contribution is -2.55. The minimum Gasteiger partial charge on any atom is -0.497 e. The number of hydrogen-bond acceptors (Lipinski definition) is 6. The number of aromatic nitrogens is 3. The van der Waals surface area contributed by atoms with Gasteiger partial charge >= 0.3 is 0 Å². The Balaban J connectivity index is 1.13. The first-order valence-electron chi connectivity index (χ1n) is 14.5. The molecule has 1 aliphatic rings. The molecule has 0 bridgehead atoms. The van der Waals surface area contributed by atoms with Crippen LogP contribution in [-0.2, 0) is 11.2 Å². The molecule has 1 aliphatic heterocycles. The minimum absolute atomic E-state index is 0.00680. The summed E-state index contributed by atoms with van der Waals surface area (Å²) in [5.74, 6) is 2.66. The first-order valence-corrected chi connectivity index (χ1v) is 16.3. The Bertz CT molecular complexity index is 1530. The number of methoxy groups -OCH3 is 1. The summed E-state index contributed by atoms with van der Waals surface area (Å²) in [5.41, 5.74) is 2.82. The maximum absolute atomic E-state index is 13.0. The topological polar surface area (TPSA) is 80.6 Å². The number of nitrogens with zero attached hydrogens (tertiary/aromatic N) is 5. The van der Waals surface area contributed by atoms with Crippen LogP contribution in [0, 0.1) is 0 Å². The molecule has 1 atom stereocenters. The van der Waals surface area contributed by atoms with Gasteiger partial charge in [-0.15, -0.1) is 10.2 Å². The van der Waals surface area contributed by atoms with Crippen LogP contribution in [0.3, 0.4) is 0 Å². The monoisotopic (exact) mass is 661 g/mol. The quantitative estimate of drug-likeness (QED) is 0.139. The zero-order chi connectivity index (χ0) is 30.2. The predicted octanol–water partition coefficient (Wildman–Crippen LogP) is 6.26. The van der Waals surface area contributed by atoms with Gasteiger partial charge in [-0.3, -0.25) is 14.2 Å². The number of thioether (sulfide) groups is 1. The van der Waals surface area contributed by atoms with Crippen LogP contribution in [0.1, 0.15) is 47.9 Å². The van der Waals surface area contributed by atoms with Crippen molar-refractivity contribution in [2.24, 2.45) is 0 Å². The summed E-state index contributed by atoms with van der Waals surface area (Å²) in [6.07, 6.45) is 2.86. The van der Waals surface area contributed by atoms with Crippen LogP contribution >= 0.6 is 27.7 Å². The Morgan fingerprint density at radius 3 is 2.49 bits per heavy atom. The van der Waals surface area contributed by atoms with Crippen molar-refractivity contribution in [1.82, 2.24) is 24.6 Å². The third kappa shape index (κ3) is 7.86. The summed E-state index contributed by atoms with van der Waals surface area (Å²) in [5, 5.41) is 9.90. The Hall–Kier alpha value is -3.63. The fourth-order valence-corrected chi connectivity index (χ4v) is 6.62. The maximum atomic E-state index is 13.0. The maximum Gasteiger partial charge on any atom is 0.254 e. The summed E-state index contributed by atoms with van der Waals surface area (Å²) < 4.78 is 8.34. The smallest absolute Gasteiger partial charge is 0.254 e. The van der Waals surface area contributed by atoms with E-state index in [9.17, 15) is 9.59 Å². The molecule has 2 amide bonds. The fraction of sp³-hybridized carbons (Fsp3) is 0.333. The zero-order valence-electron chi connectivity index (χ0n) is 24.5. The van der Waals surface area contributed by atoms with Crippen LogP contribution < -0.4 is 4.74 Å². The van der Waals surface area contributed by atoms with Crippen molar-refractivity contribution in [2.75, 3.05) is 32.5 Å². The largest absolute Gasteiger partial charge is 0.497 e. The molecule has 10 heteroatoms. The Morgan fingerprint density at radius 1 is 0.977 bits per heavy atom. The zero-order valence-corrected chi connectivity index (χ0v) is 26.9. The van der Waals surface area contributed by atoms with Crippen molar-refractivity contribution in [2.45, 2.75) is 43.8 Å². The number of carbonyl (C=O) groups is 2. The second-order valence-corrected chi connectivity index (χ2v) is 12.6. The Kier molecular flexibility index (Phi) is 10.5. The van der Waals surface area contributed by atoms with Crippen molar-refractivity contribution < 1.29 is 14.3 Å². The molecule has 0 N–H and O–H groups in total. The van der Waals surface area contributed by atoms with E-state index >= 15 is 0 Å². The predicted molar refractivity (Wildman–Crippen MR) is 173 cm³/mol. The van der Waals surface area contributed by atoms with E-state index in [-0.39, 0.29) is 17.9 Å². The average Bonchev–Trinajstić information content (AvgIpc) is 3.42. The molecule has 1 fully saturated rings. The molecule has 1 saturated heterocycles. The number of benzene rings is 3. The number of hydrogen-bond donors (Lipinski definition) is 0. The van der Waals surface area contributed by atoms with Gasteiger partial charge in [0.15, 0.2) is 5.16 Å². The molecule has 8 nitrogen and oxygen atoms in total. The van der Waals surface area contributed by atoms with E-state index in [0.717, 1.165) is 45.5 Å². The Morgan fingerprint density at radius 2 is 1.77 bits per heavy atom. The van der Waals surface area contributed by atoms with Crippen LogP contribution in [0.2, 0.25) is 0 Å². The molecule has 0 saturated carbocycles. The van der Waals surface area contributed by atoms with Gasteiger partial charge in [0.1, 0.15) is 11.6 Å². The standard InChI is InChI=1S/C33H36BrN5O3S/c1-24-23-37(18-19-38(24)32(41)26-11-8-12-27(34)22-26)31(40)13-6-7-20-43-33-36-35-30(21-25-9-4-3-5-10-25)39(33)28-14-16-29(42-2)17-15-28/h3-5,8-12,14-17,22,24H,6-7,13,18-21,23H2,1-2H3. The van der Waals surface area contributed by atoms with Gasteiger partial charge in [0, 0.05) is 60.0 Å². The highest BCUT2D eigenvalue weighted by molar-refractivity contribution is 9.10. The van der Waals surface area contributed by atoms with Crippen molar-refractivity contribution in [3.63, 3.8) is 0 Å². The number of rotatable bonds is 11. The highest BCUT2D eigenvalue weighted by Crippen LogP contribution is 2.26. The highest BCUT2D eigenvalue weighted by Gasteiger charge is 2.30. The van der Waals surface area contributed by atoms with E-state index in [2.05, 4.69) is 42.8 Å². The van der Waals surface area contributed by atoms with Crippen LogP contribution in [0.15, 0.2) is 88.5 Å². The first kappa shape index (κ1) is 30.8. The number of amides is 2. The van der Waals surface area contributed by atoms with Crippen LogP contribution in [0.25, 0.3) is 5.69 Å². The summed E-state index contributed by atoms with van der Waals surface area (Å²) in [6.45, 7) is 3.67. The van der Waals surface area contributed by atoms with E-state index in [1.807, 2.05) is 83.5 Å². The second kappa shape index (κ2) is 14.7. The molecule has 3 aromatic carbocycles. The molecule has 224 valence electrons. The lowest BCUT2D eigenvalue weighted by atomic mass is 10.1. The number of carbonyl (C=O) groups excluding carboxylic acids is 2. The van der Waals surface area contributed by atoms with Crippen LogP contribution in [0.4, 0.5) is 0 Å². The van der Waals surface area contributed by atoms with Crippen molar-refractivity contribution in [3.05, 3.63) is 100 Å². The molecule has 0 aliphatic carbocycles. The second-order valence-electron chi connectivity index (χ2n) is 10.6. The summed E-state index contributed by atoms with van der Waals surface area (Å²) >= 11 is 5.10. The van der Waals surface area contributed by atoms with Gasteiger partial charge in [-0.1, -0.05) is 64.1 Å². The lowest BCUT2D eigenvalue weighted by molar-refractivity contribution is -0.133. The fourth-order valence-electron chi connectivity index (χ4n) is 5.25. The molecule has 1 unspecified atom stereocenters. The molecule has 43 heavy (non-hydrogen) atoms. The molecule has 4 aromatic rings. The molecule has 1 aromatic heterocycles. The average molecular weight is 663 g/mol. The lowest BCUT2D eigenvalue weighted by Gasteiger charge is -2.40. The normalized spacial score (nSPS) is 15.0. The van der Waals surface area contributed by atoms with Gasteiger partial charge in [-0.2, -0.15) is 0 Å². The highest BCUT2D eigenvalue weighted by atomic mass is 79.9. The number of piperazine rings is 1. The third-order valence-electron chi connectivity index (χ3n) is 7.56. The van der Waals surface area contributed by atoms with E-state index in [4.69, 9.17) is 4.74 Å². The van der Waals surface area contributed by atoms with Gasteiger partial charge < -0.3 is 14.5 Å². The van der Waals surface area contributed by atoms with E-state index in [1.165, 1.54) is 5.56 Å². The number of unbranched alkanes of at least 4 members (excludes halogenated alkanes) is 1. The number of halogens is 1. The number of ether oxygens (including phenoxy) is 1. The summed E-state index contributed by atoms with van der Waals surface area (Å²) in [6, 6.07) is 25.6. The summed E-state index contributed by atoms with van der Waals surface area (Å²) in [7, 11) is 1.66. The van der Waals surface area contributed by atoms with Gasteiger partial charge in [-0.05, 0) is 67.8 Å². The SMILES string of the molecule is COc1ccc(-n2c(Cc3ccccc3)nnc2SCCCCC(=O)N2CCN(C(=O)c3cccc(Br)c3)C(C)C2)cc1. The molecule has 0 spiro atoms. The molecule has 2 heterocycles. The summed E-state index contributed by atoms with van der Waals surface area (Å²) in [4.78, 5) is 29.8. The van der Waals surface area contributed by atoms with Gasteiger partial charge in [0.2, 0.25) is 5.91 Å². The molecule has 5 rings (SSSR count). The van der Waals surface area contributed by atoms with Gasteiger partial charge in [0.25, 0.3) is 5.91 Å².